The van der Waals surface area contributed by atoms with E-state index in [0.717, 1.165) is 37.0 Å². The van der Waals surface area contributed by atoms with E-state index in [4.69, 9.17) is 4.74 Å². The fourth-order valence-electron chi connectivity index (χ4n) is 3.94. The monoisotopic (exact) mass is 253 g/mol. The molecule has 0 spiro atoms. The number of piperidine rings is 1. The van der Waals surface area contributed by atoms with Crippen LogP contribution in [0.25, 0.3) is 0 Å². The van der Waals surface area contributed by atoms with E-state index in [-0.39, 0.29) is 0 Å². The Labute approximate surface area is 113 Å². The highest BCUT2D eigenvalue weighted by molar-refractivity contribution is 4.89. The van der Waals surface area contributed by atoms with Crippen LogP contribution in [0.1, 0.15) is 52.9 Å². The summed E-state index contributed by atoms with van der Waals surface area (Å²) in [7, 11) is 0. The molecule has 2 nitrogen and oxygen atoms in total. The molecule has 2 heteroatoms. The van der Waals surface area contributed by atoms with Crippen molar-refractivity contribution in [2.24, 2.45) is 17.8 Å². The van der Waals surface area contributed by atoms with Crippen molar-refractivity contribution in [1.82, 2.24) is 4.90 Å². The van der Waals surface area contributed by atoms with Crippen LogP contribution in [0.3, 0.4) is 0 Å². The highest BCUT2D eigenvalue weighted by Gasteiger charge is 2.35. The van der Waals surface area contributed by atoms with E-state index in [1.807, 2.05) is 0 Å². The van der Waals surface area contributed by atoms with Gasteiger partial charge in [0.25, 0.3) is 0 Å². The molecule has 1 saturated carbocycles. The van der Waals surface area contributed by atoms with Crippen LogP contribution in [-0.2, 0) is 4.74 Å². The van der Waals surface area contributed by atoms with Gasteiger partial charge in [-0.15, -0.1) is 0 Å². The van der Waals surface area contributed by atoms with Crippen LogP contribution < -0.4 is 0 Å². The second-order valence-electron chi connectivity index (χ2n) is 6.54. The van der Waals surface area contributed by atoms with Crippen molar-refractivity contribution < 1.29 is 4.74 Å². The van der Waals surface area contributed by atoms with Gasteiger partial charge in [0.05, 0.1) is 0 Å². The molecule has 2 fully saturated rings. The maximum absolute atomic E-state index is 5.57. The minimum Gasteiger partial charge on any atom is -0.381 e. The minimum absolute atomic E-state index is 0.820. The van der Waals surface area contributed by atoms with Gasteiger partial charge in [-0.05, 0) is 63.5 Å². The van der Waals surface area contributed by atoms with Gasteiger partial charge in [0.1, 0.15) is 0 Å². The van der Waals surface area contributed by atoms with Crippen LogP contribution in [0.2, 0.25) is 0 Å². The van der Waals surface area contributed by atoms with Crippen molar-refractivity contribution >= 4 is 0 Å². The first-order valence-electron chi connectivity index (χ1n) is 8.04. The molecule has 0 radical (unpaired) electrons. The zero-order chi connectivity index (χ0) is 13.0. The van der Waals surface area contributed by atoms with Crippen LogP contribution >= 0.6 is 0 Å². The van der Waals surface area contributed by atoms with Gasteiger partial charge in [-0.1, -0.05) is 20.3 Å². The Morgan fingerprint density at radius 2 is 1.83 bits per heavy atom. The molecule has 106 valence electrons. The predicted molar refractivity (Wildman–Crippen MR) is 76.8 cm³/mol. The second kappa shape index (κ2) is 6.91. The summed E-state index contributed by atoms with van der Waals surface area (Å²) in [5.41, 5.74) is 0. The van der Waals surface area contributed by atoms with Crippen LogP contribution in [0.5, 0.6) is 0 Å². The van der Waals surface area contributed by atoms with Gasteiger partial charge in [-0.3, -0.25) is 0 Å². The molecule has 2 rings (SSSR count). The lowest BCUT2D eigenvalue weighted by atomic mass is 9.88. The van der Waals surface area contributed by atoms with E-state index in [1.54, 1.807) is 0 Å². The molecule has 1 heterocycles. The van der Waals surface area contributed by atoms with Gasteiger partial charge >= 0.3 is 0 Å². The lowest BCUT2D eigenvalue weighted by molar-refractivity contribution is 0.0482. The van der Waals surface area contributed by atoms with Crippen molar-refractivity contribution in [3.05, 3.63) is 0 Å². The molecule has 0 aromatic carbocycles. The third-order valence-electron chi connectivity index (χ3n) is 5.06. The Bertz CT molecular complexity index is 233. The summed E-state index contributed by atoms with van der Waals surface area (Å²) in [6, 6.07) is 0.887. The number of nitrogens with zero attached hydrogens (tertiary/aromatic N) is 1. The average molecular weight is 253 g/mol. The molecule has 1 aliphatic heterocycles. The molecule has 18 heavy (non-hydrogen) atoms. The van der Waals surface area contributed by atoms with Crippen LogP contribution in [0.4, 0.5) is 0 Å². The molecule has 0 bridgehead atoms. The molecule has 0 amide bonds. The summed E-state index contributed by atoms with van der Waals surface area (Å²) < 4.78 is 5.57. The Morgan fingerprint density at radius 3 is 2.44 bits per heavy atom. The summed E-state index contributed by atoms with van der Waals surface area (Å²) in [6.45, 7) is 11.4. The molecule has 1 saturated heterocycles. The first-order valence-corrected chi connectivity index (χ1v) is 8.04. The maximum Gasteiger partial charge on any atom is 0.0495 e. The van der Waals surface area contributed by atoms with Gasteiger partial charge in [-0.25, -0.2) is 0 Å². The Kier molecular flexibility index (Phi) is 5.50. The Morgan fingerprint density at radius 1 is 1.11 bits per heavy atom. The summed E-state index contributed by atoms with van der Waals surface area (Å²) >= 11 is 0. The standard InChI is InChI=1S/C16H31NO/c1-4-18-12-14-8-10-17(11-9-14)16-7-5-6-15(16)13(2)3/h13-16H,4-12H2,1-3H3/t15-,16+/m1/s1. The number of hydrogen-bond donors (Lipinski definition) is 0. The van der Waals surface area contributed by atoms with Crippen molar-refractivity contribution in [3.63, 3.8) is 0 Å². The molecule has 0 N–H and O–H groups in total. The largest absolute Gasteiger partial charge is 0.381 e. The highest BCUT2D eigenvalue weighted by Crippen LogP contribution is 2.36. The molecule has 2 atom stereocenters. The van der Waals surface area contributed by atoms with Gasteiger partial charge in [-0.2, -0.15) is 0 Å². The molecule has 2 aliphatic rings. The zero-order valence-electron chi connectivity index (χ0n) is 12.5. The van der Waals surface area contributed by atoms with Crippen molar-refractivity contribution in [1.29, 1.82) is 0 Å². The van der Waals surface area contributed by atoms with Crippen LogP contribution in [0.15, 0.2) is 0 Å². The van der Waals surface area contributed by atoms with Crippen LogP contribution in [-0.4, -0.2) is 37.2 Å². The molecular weight excluding hydrogens is 222 g/mol. The fraction of sp³-hybridized carbons (Fsp3) is 1.00. The average Bonchev–Trinajstić information content (AvgIpc) is 2.86. The summed E-state index contributed by atoms with van der Waals surface area (Å²) in [4.78, 5) is 2.79. The first kappa shape index (κ1) is 14.3. The second-order valence-corrected chi connectivity index (χ2v) is 6.54. The lowest BCUT2D eigenvalue weighted by Crippen LogP contribution is -2.44. The topological polar surface area (TPSA) is 12.5 Å². The minimum atomic E-state index is 0.820. The SMILES string of the molecule is CCOCC1CCN([C@H]2CCC[C@@H]2C(C)C)CC1. The third kappa shape index (κ3) is 3.48. The van der Waals surface area contributed by atoms with E-state index in [2.05, 4.69) is 25.7 Å². The first-order chi connectivity index (χ1) is 8.72. The lowest BCUT2D eigenvalue weighted by Gasteiger charge is -2.39. The third-order valence-corrected chi connectivity index (χ3v) is 5.06. The van der Waals surface area contributed by atoms with E-state index < -0.39 is 0 Å². The van der Waals surface area contributed by atoms with Gasteiger partial charge < -0.3 is 9.64 Å². The molecule has 1 aliphatic carbocycles. The van der Waals surface area contributed by atoms with Crippen molar-refractivity contribution in [3.8, 4) is 0 Å². The van der Waals surface area contributed by atoms with E-state index >= 15 is 0 Å². The van der Waals surface area contributed by atoms with E-state index in [1.165, 1.54) is 45.2 Å². The van der Waals surface area contributed by atoms with Crippen LogP contribution in [0, 0.1) is 17.8 Å². The zero-order valence-corrected chi connectivity index (χ0v) is 12.5. The molecular formula is C16H31NO. The quantitative estimate of drug-likeness (QED) is 0.743. The summed E-state index contributed by atoms with van der Waals surface area (Å²) in [5.74, 6) is 2.63. The maximum atomic E-state index is 5.57. The molecule has 0 aromatic rings. The summed E-state index contributed by atoms with van der Waals surface area (Å²) in [6.07, 6.45) is 7.05. The van der Waals surface area contributed by atoms with Crippen molar-refractivity contribution in [2.45, 2.75) is 58.9 Å². The predicted octanol–water partition coefficient (Wildman–Crippen LogP) is 3.56. The molecule has 0 unspecified atom stereocenters. The fourth-order valence-corrected chi connectivity index (χ4v) is 3.94. The summed E-state index contributed by atoms with van der Waals surface area (Å²) in [5, 5.41) is 0. The number of rotatable bonds is 5. The molecule has 0 aromatic heterocycles. The Hall–Kier alpha value is -0.0800. The van der Waals surface area contributed by atoms with E-state index in [9.17, 15) is 0 Å². The number of ether oxygens (including phenoxy) is 1. The normalized spacial score (nSPS) is 31.3. The smallest absolute Gasteiger partial charge is 0.0495 e. The van der Waals surface area contributed by atoms with Gasteiger partial charge in [0, 0.05) is 19.3 Å². The Balaban J connectivity index is 1.78. The highest BCUT2D eigenvalue weighted by atomic mass is 16.5. The number of hydrogen-bond acceptors (Lipinski definition) is 2. The van der Waals surface area contributed by atoms with E-state index in [0.29, 0.717) is 0 Å². The van der Waals surface area contributed by atoms with Gasteiger partial charge in [0.2, 0.25) is 0 Å². The van der Waals surface area contributed by atoms with Crippen molar-refractivity contribution in [2.75, 3.05) is 26.3 Å². The van der Waals surface area contributed by atoms with Gasteiger partial charge in [0.15, 0.2) is 0 Å². The number of likely N-dealkylation sites (tertiary alicyclic amines) is 1.